The number of aliphatic hydroxyl groups is 20. The zero-order chi connectivity index (χ0) is 60.8. The molecule has 38 atom stereocenters. The van der Waals surface area contributed by atoms with Gasteiger partial charge in [0, 0.05) is 12.8 Å². The van der Waals surface area contributed by atoms with Crippen molar-refractivity contribution in [3.05, 3.63) is 0 Å². The topological polar surface area (TPSA) is 543 Å². The summed E-state index contributed by atoms with van der Waals surface area (Å²) in [7, 11) is 0. The molecule has 35 heteroatoms. The predicted octanol–water partition coefficient (Wildman–Crippen LogP) is -12.3. The minimum Gasteiger partial charge on any atom is -0.394 e. The van der Waals surface area contributed by atoms with E-state index in [1.807, 2.05) is 0 Å². The molecule has 0 aromatic rings. The normalized spacial score (nSPS) is 54.8. The van der Waals surface area contributed by atoms with E-state index in [2.05, 4.69) is 0 Å². The van der Waals surface area contributed by atoms with Gasteiger partial charge in [-0.25, -0.2) is 0 Å². The maximum absolute atomic E-state index is 12.0. The van der Waals surface area contributed by atoms with Crippen molar-refractivity contribution in [3.63, 3.8) is 0 Å². The van der Waals surface area contributed by atoms with Crippen molar-refractivity contribution in [1.82, 2.24) is 0 Å². The molecule has 0 radical (unpaired) electrons. The van der Waals surface area contributed by atoms with Gasteiger partial charge < -0.3 is 173 Å². The molecule has 20 N–H and O–H groups in total. The van der Waals surface area contributed by atoms with Crippen molar-refractivity contribution in [2.75, 3.05) is 26.4 Å². The molecule has 8 aliphatic heterocycles. The SMILES string of the molecule is C[C@@H]1OC(O)[C@H](O)[C@H](O)[C@H]1O[C@H]1O[C@H](CO)[C@@H](O)[C@H](O[C@H]2O[C@H](C)[C@H](O)C[C@H]2O)[C@@H]1O[C@H]1O[C@H](CO)[C@H](O)[C@H](O[C@@H]2O[C@@H](C)[C@H](O[C@H]3O[C@H](CO)[C@@H](O)[C@H](O[C@H]4O[C@H](C)[C@H](O)C[C@H]4O)[C@@H]3O[C@H]3O[C@H](CO)[C@H](O)[C@H](O)[C@H]3O)[C@@H](O)[C@H]2O)[C@H]1O. The summed E-state index contributed by atoms with van der Waals surface area (Å²) in [6.45, 7) is 1.68. The molecule has 0 amide bonds. The van der Waals surface area contributed by atoms with E-state index >= 15 is 0 Å². The molecular weight excluding hydrogens is 1140 g/mol. The van der Waals surface area contributed by atoms with E-state index in [-0.39, 0.29) is 12.8 Å². The second kappa shape index (κ2) is 28.6. The van der Waals surface area contributed by atoms with E-state index in [1.165, 1.54) is 27.7 Å². The van der Waals surface area contributed by atoms with Crippen LogP contribution in [0.25, 0.3) is 0 Å². The highest BCUT2D eigenvalue weighted by atomic mass is 16.8. The Kier molecular flexibility index (Phi) is 23.3. The molecule has 8 fully saturated rings. The highest BCUT2D eigenvalue weighted by molar-refractivity contribution is 5.01. The molecular formula is C48H82O35. The van der Waals surface area contributed by atoms with Gasteiger partial charge >= 0.3 is 0 Å². The fraction of sp³-hybridized carbons (Fsp3) is 1.00. The predicted molar refractivity (Wildman–Crippen MR) is 256 cm³/mol. The lowest BCUT2D eigenvalue weighted by molar-refractivity contribution is -0.412. The van der Waals surface area contributed by atoms with Gasteiger partial charge in [-0.2, -0.15) is 0 Å². The summed E-state index contributed by atoms with van der Waals surface area (Å²) in [6.07, 6.45) is -67.7. The molecule has 35 nitrogen and oxygen atoms in total. The van der Waals surface area contributed by atoms with E-state index in [4.69, 9.17) is 71.1 Å². The largest absolute Gasteiger partial charge is 0.394 e. The Balaban J connectivity index is 1.04. The molecule has 0 spiro atoms. The van der Waals surface area contributed by atoms with Gasteiger partial charge in [0.1, 0.15) is 146 Å². The van der Waals surface area contributed by atoms with E-state index in [0.29, 0.717) is 0 Å². The van der Waals surface area contributed by atoms with Gasteiger partial charge in [-0.15, -0.1) is 0 Å². The maximum atomic E-state index is 12.0. The molecule has 8 saturated heterocycles. The van der Waals surface area contributed by atoms with Crippen LogP contribution in [0.15, 0.2) is 0 Å². The minimum absolute atomic E-state index is 0.279. The van der Waals surface area contributed by atoms with Gasteiger partial charge in [-0.05, 0) is 27.7 Å². The Labute approximate surface area is 472 Å². The summed E-state index contributed by atoms with van der Waals surface area (Å²) in [5.41, 5.74) is 0. The van der Waals surface area contributed by atoms with E-state index in [0.717, 1.165) is 0 Å². The Hall–Kier alpha value is -1.40. The minimum atomic E-state index is -2.25. The molecule has 0 aromatic carbocycles. The van der Waals surface area contributed by atoms with Crippen molar-refractivity contribution < 1.29 is 173 Å². The molecule has 0 bridgehead atoms. The first-order chi connectivity index (χ1) is 39.2. The lowest BCUT2D eigenvalue weighted by Gasteiger charge is -2.51. The lowest BCUT2D eigenvalue weighted by Crippen LogP contribution is -2.69. The van der Waals surface area contributed by atoms with Gasteiger partial charge in [0.25, 0.3) is 0 Å². The molecule has 0 aliphatic carbocycles. The first kappa shape index (κ1) is 67.5. The van der Waals surface area contributed by atoms with Crippen molar-refractivity contribution >= 4 is 0 Å². The van der Waals surface area contributed by atoms with Crippen LogP contribution in [0.4, 0.5) is 0 Å². The summed E-state index contributed by atoms with van der Waals surface area (Å²) < 4.78 is 88.4. The number of aliphatic hydroxyl groups excluding tert-OH is 20. The first-order valence-electron chi connectivity index (χ1n) is 27.4. The number of hydrogen-bond donors (Lipinski definition) is 20. The van der Waals surface area contributed by atoms with Crippen LogP contribution in [0.2, 0.25) is 0 Å². The van der Waals surface area contributed by atoms with Crippen molar-refractivity contribution in [1.29, 1.82) is 0 Å². The quantitative estimate of drug-likeness (QED) is 0.0606. The number of hydrogen-bond acceptors (Lipinski definition) is 35. The third-order valence-electron chi connectivity index (χ3n) is 16.3. The van der Waals surface area contributed by atoms with Gasteiger partial charge in [-0.3, -0.25) is 0 Å². The molecule has 8 rings (SSSR count). The summed E-state index contributed by atoms with van der Waals surface area (Å²) in [5.74, 6) is 0. The Morgan fingerprint density at radius 2 is 0.566 bits per heavy atom. The van der Waals surface area contributed by atoms with Crippen LogP contribution in [0.1, 0.15) is 40.5 Å². The molecule has 8 heterocycles. The smallest absolute Gasteiger partial charge is 0.187 e. The highest BCUT2D eigenvalue weighted by Crippen LogP contribution is 2.40. The van der Waals surface area contributed by atoms with Crippen LogP contribution in [-0.4, -0.2) is 362 Å². The molecule has 0 saturated carbocycles. The number of ether oxygens (including phenoxy) is 15. The lowest BCUT2D eigenvalue weighted by atomic mass is 9.95. The van der Waals surface area contributed by atoms with Crippen LogP contribution >= 0.6 is 0 Å². The van der Waals surface area contributed by atoms with Gasteiger partial charge in [0.05, 0.1) is 63.1 Å². The fourth-order valence-corrected chi connectivity index (χ4v) is 11.1. The van der Waals surface area contributed by atoms with E-state index < -0.39 is 260 Å². The third-order valence-corrected chi connectivity index (χ3v) is 16.3. The monoisotopic (exact) mass is 1220 g/mol. The van der Waals surface area contributed by atoms with E-state index in [9.17, 15) is 102 Å². The highest BCUT2D eigenvalue weighted by Gasteiger charge is 2.59. The molecule has 83 heavy (non-hydrogen) atoms. The van der Waals surface area contributed by atoms with Crippen LogP contribution in [-0.2, 0) is 71.1 Å². The number of rotatable bonds is 18. The van der Waals surface area contributed by atoms with Gasteiger partial charge in [0.2, 0.25) is 0 Å². The standard InChI is InChI=1S/C48H82O35/c1-11-15(53)5-17(55)42(70-11)80-37-25(59)21(9-51)75-47(39(37)82-45-31(65)27(61)23(57)19(7-49)73-45)78-35-14(4)72-44(32(66)29(35)63)79-36-24(58)20(8-50)74-46(33(36)67)83-40-38(81-43-18(56)6-16(54)12(2)71-43)26(60)22(10-52)76-48(40)77-34-13(3)69-41(68)30(64)28(34)62/h11-68H,5-10H2,1-4H3/t11-,12-,13+,14+,15-,16-,17-,18-,19-,20-,21-,22-,23+,24+,25-,26-,27+,28+,29+,30-,31-,32-,33-,34+,35+,36+,37+,38+,39+,40+,41?,42-,43-,44+,45-,46-,47-,48-/m1/s1. The first-order valence-corrected chi connectivity index (χ1v) is 27.4. The summed E-state index contributed by atoms with van der Waals surface area (Å²) in [6, 6.07) is 0. The fourth-order valence-electron chi connectivity index (χ4n) is 11.1. The van der Waals surface area contributed by atoms with Crippen LogP contribution in [0, 0.1) is 0 Å². The van der Waals surface area contributed by atoms with Gasteiger partial charge in [0.15, 0.2) is 50.3 Å². The zero-order valence-electron chi connectivity index (χ0n) is 45.2. The average molecular weight is 1220 g/mol. The average Bonchev–Trinajstić information content (AvgIpc) is 2.83. The molecule has 484 valence electrons. The Bertz CT molecular complexity index is 1990. The van der Waals surface area contributed by atoms with Crippen molar-refractivity contribution in [3.8, 4) is 0 Å². The van der Waals surface area contributed by atoms with Crippen molar-refractivity contribution in [2.24, 2.45) is 0 Å². The van der Waals surface area contributed by atoms with Crippen molar-refractivity contribution in [2.45, 2.75) is 274 Å². The molecule has 0 aromatic heterocycles. The summed E-state index contributed by atoms with van der Waals surface area (Å²) in [5, 5.41) is 218. The van der Waals surface area contributed by atoms with Gasteiger partial charge in [-0.1, -0.05) is 0 Å². The van der Waals surface area contributed by atoms with Crippen LogP contribution in [0.5, 0.6) is 0 Å². The van der Waals surface area contributed by atoms with E-state index in [1.54, 1.807) is 0 Å². The molecule has 1 unspecified atom stereocenters. The van der Waals surface area contributed by atoms with Crippen LogP contribution < -0.4 is 0 Å². The molecule has 8 aliphatic rings. The Morgan fingerprint density at radius 3 is 1.01 bits per heavy atom. The zero-order valence-corrected chi connectivity index (χ0v) is 45.2. The third kappa shape index (κ3) is 14.3. The Morgan fingerprint density at radius 1 is 0.253 bits per heavy atom. The second-order valence-electron chi connectivity index (χ2n) is 22.1. The summed E-state index contributed by atoms with van der Waals surface area (Å²) >= 11 is 0. The van der Waals surface area contributed by atoms with Crippen LogP contribution in [0.3, 0.4) is 0 Å². The second-order valence-corrected chi connectivity index (χ2v) is 22.1. The maximum Gasteiger partial charge on any atom is 0.187 e. The summed E-state index contributed by atoms with van der Waals surface area (Å²) in [4.78, 5) is 0.